The highest BCUT2D eigenvalue weighted by molar-refractivity contribution is 5.73. The van der Waals surface area contributed by atoms with Crippen molar-refractivity contribution < 1.29 is 22.7 Å². The number of carbonyl (C=O) groups is 1. The second kappa shape index (κ2) is 4.52. The molecule has 0 bridgehead atoms. The lowest BCUT2D eigenvalue weighted by molar-refractivity contribution is -0.274. The fourth-order valence-electron chi connectivity index (χ4n) is 1.36. The maximum absolute atomic E-state index is 12.0. The van der Waals surface area contributed by atoms with Crippen LogP contribution in [-0.4, -0.2) is 22.4 Å². The lowest BCUT2D eigenvalue weighted by Gasteiger charge is -2.09. The third kappa shape index (κ3) is 2.88. The Morgan fingerprint density at radius 3 is 2.72 bits per heavy atom. The predicted octanol–water partition coefficient (Wildman–Crippen LogP) is 2.58. The summed E-state index contributed by atoms with van der Waals surface area (Å²) in [5.74, 6) is -0.344. The highest BCUT2D eigenvalue weighted by Gasteiger charge is 2.31. The van der Waals surface area contributed by atoms with Gasteiger partial charge in [-0.2, -0.15) is 5.10 Å². The summed E-state index contributed by atoms with van der Waals surface area (Å²) < 4.78 is 41.2. The van der Waals surface area contributed by atoms with Crippen molar-refractivity contribution in [3.8, 4) is 11.4 Å². The first-order valence-corrected chi connectivity index (χ1v) is 4.84. The third-order valence-corrected chi connectivity index (χ3v) is 2.05. The Labute approximate surface area is 99.6 Å². The Bertz CT molecular complexity index is 563. The van der Waals surface area contributed by atoms with E-state index >= 15 is 0 Å². The average Bonchev–Trinajstić information content (AvgIpc) is 2.75. The normalized spacial score (nSPS) is 11.3. The van der Waals surface area contributed by atoms with Crippen molar-refractivity contribution in [3.63, 3.8) is 0 Å². The van der Waals surface area contributed by atoms with E-state index in [0.717, 1.165) is 0 Å². The highest BCUT2D eigenvalue weighted by atomic mass is 19.4. The van der Waals surface area contributed by atoms with Crippen LogP contribution >= 0.6 is 0 Å². The Morgan fingerprint density at radius 2 is 2.11 bits per heavy atom. The van der Waals surface area contributed by atoms with Gasteiger partial charge in [-0.3, -0.25) is 4.79 Å². The maximum atomic E-state index is 12.0. The number of hydrogen-bond acceptors (Lipinski definition) is 3. The predicted molar refractivity (Wildman–Crippen MR) is 55.6 cm³/mol. The maximum Gasteiger partial charge on any atom is 0.573 e. The minimum atomic E-state index is -4.74. The van der Waals surface area contributed by atoms with Crippen LogP contribution < -0.4 is 4.74 Å². The number of benzene rings is 1. The molecule has 1 aromatic carbocycles. The molecule has 0 aliphatic rings. The van der Waals surface area contributed by atoms with Gasteiger partial charge in [0.15, 0.2) is 6.29 Å². The zero-order valence-electron chi connectivity index (χ0n) is 8.89. The number of hydrogen-bond donors (Lipinski definition) is 0. The first-order chi connectivity index (χ1) is 8.48. The van der Waals surface area contributed by atoms with Gasteiger partial charge in [0.05, 0.1) is 17.4 Å². The van der Waals surface area contributed by atoms with Gasteiger partial charge in [-0.1, -0.05) is 6.07 Å². The van der Waals surface area contributed by atoms with Crippen LogP contribution in [0.1, 0.15) is 10.4 Å². The first-order valence-electron chi connectivity index (χ1n) is 4.84. The van der Waals surface area contributed by atoms with E-state index in [1.54, 1.807) is 6.07 Å². The van der Waals surface area contributed by atoms with Gasteiger partial charge in [-0.15, -0.1) is 13.2 Å². The highest BCUT2D eigenvalue weighted by Crippen LogP contribution is 2.24. The van der Waals surface area contributed by atoms with Crippen LogP contribution in [0, 0.1) is 0 Å². The van der Waals surface area contributed by atoms with Crippen LogP contribution in [0.25, 0.3) is 5.69 Å². The molecule has 0 fully saturated rings. The number of halogens is 3. The van der Waals surface area contributed by atoms with E-state index in [-0.39, 0.29) is 5.75 Å². The van der Waals surface area contributed by atoms with Crippen LogP contribution in [0.3, 0.4) is 0 Å². The van der Waals surface area contributed by atoms with Crippen molar-refractivity contribution in [1.29, 1.82) is 0 Å². The summed E-state index contributed by atoms with van der Waals surface area (Å²) in [5, 5.41) is 3.84. The van der Waals surface area contributed by atoms with E-state index in [9.17, 15) is 18.0 Å². The lowest BCUT2D eigenvalue weighted by Crippen LogP contribution is -2.17. The Kier molecular flexibility index (Phi) is 3.05. The van der Waals surface area contributed by atoms with Crippen LogP contribution in [0.15, 0.2) is 36.7 Å². The summed E-state index contributed by atoms with van der Waals surface area (Å²) in [7, 11) is 0. The van der Waals surface area contributed by atoms with Crippen molar-refractivity contribution in [3.05, 3.63) is 42.2 Å². The molecule has 4 nitrogen and oxygen atoms in total. The summed E-state index contributed by atoms with van der Waals surface area (Å²) in [5.41, 5.74) is 0.696. The summed E-state index contributed by atoms with van der Waals surface area (Å²) in [6.45, 7) is 0. The molecule has 0 unspecified atom stereocenters. The van der Waals surface area contributed by atoms with E-state index in [2.05, 4.69) is 9.84 Å². The number of carbonyl (C=O) groups excluding carboxylic acids is 1. The van der Waals surface area contributed by atoms with Crippen LogP contribution in [0.5, 0.6) is 5.75 Å². The molecule has 0 atom stereocenters. The average molecular weight is 256 g/mol. The molecule has 0 spiro atoms. The minimum Gasteiger partial charge on any atom is -0.406 e. The number of ether oxygens (including phenoxy) is 1. The summed E-state index contributed by atoms with van der Waals surface area (Å²) in [4.78, 5) is 10.5. The van der Waals surface area contributed by atoms with E-state index < -0.39 is 6.36 Å². The molecule has 94 valence electrons. The summed E-state index contributed by atoms with van der Waals surface area (Å²) >= 11 is 0. The van der Waals surface area contributed by atoms with E-state index in [1.807, 2.05) is 0 Å². The molecule has 0 amide bonds. The van der Waals surface area contributed by atoms with Gasteiger partial charge in [-0.05, 0) is 12.1 Å². The molecule has 1 heterocycles. The third-order valence-electron chi connectivity index (χ3n) is 2.05. The van der Waals surface area contributed by atoms with Crippen LogP contribution in [0.2, 0.25) is 0 Å². The van der Waals surface area contributed by atoms with Gasteiger partial charge in [0.2, 0.25) is 0 Å². The molecule has 0 aliphatic carbocycles. The van der Waals surface area contributed by atoms with Crippen LogP contribution in [0.4, 0.5) is 13.2 Å². The smallest absolute Gasteiger partial charge is 0.406 e. The summed E-state index contributed by atoms with van der Waals surface area (Å²) in [6, 6.07) is 5.31. The molecule has 2 aromatic rings. The van der Waals surface area contributed by atoms with Crippen molar-refractivity contribution in [2.45, 2.75) is 6.36 Å². The van der Waals surface area contributed by atoms with Gasteiger partial charge >= 0.3 is 6.36 Å². The Balaban J connectivity index is 2.29. The quantitative estimate of drug-likeness (QED) is 0.793. The van der Waals surface area contributed by atoms with Crippen LogP contribution in [-0.2, 0) is 0 Å². The molecule has 0 saturated heterocycles. The molecule has 7 heteroatoms. The SMILES string of the molecule is O=Cc1cnn(-c2cccc(OC(F)(F)F)c2)c1. The van der Waals surface area contributed by atoms with Gasteiger partial charge in [0, 0.05) is 12.3 Å². The summed E-state index contributed by atoms with van der Waals surface area (Å²) in [6.07, 6.45) is -1.43. The van der Waals surface area contributed by atoms with Gasteiger partial charge in [0.1, 0.15) is 5.75 Å². The Hall–Kier alpha value is -2.31. The fraction of sp³-hybridized carbons (Fsp3) is 0.0909. The molecule has 0 radical (unpaired) electrons. The van der Waals surface area contributed by atoms with Gasteiger partial charge in [-0.25, -0.2) is 4.68 Å². The van der Waals surface area contributed by atoms with Crippen molar-refractivity contribution >= 4 is 6.29 Å². The minimum absolute atomic E-state index is 0.331. The van der Waals surface area contributed by atoms with E-state index in [4.69, 9.17) is 0 Å². The van der Waals surface area contributed by atoms with Crippen molar-refractivity contribution in [2.75, 3.05) is 0 Å². The fourth-order valence-corrected chi connectivity index (χ4v) is 1.36. The molecule has 0 N–H and O–H groups in total. The number of aldehydes is 1. The molecule has 2 rings (SSSR count). The number of rotatable bonds is 3. The first kappa shape index (κ1) is 12.2. The van der Waals surface area contributed by atoms with E-state index in [1.165, 1.54) is 35.3 Å². The standard InChI is InChI=1S/C11H7F3N2O2/c12-11(13,14)18-10-3-1-2-9(4-10)16-6-8(7-17)5-15-16/h1-7H. The van der Waals surface area contributed by atoms with Crippen molar-refractivity contribution in [2.24, 2.45) is 0 Å². The Morgan fingerprint density at radius 1 is 1.33 bits per heavy atom. The number of nitrogens with zero attached hydrogens (tertiary/aromatic N) is 2. The molecule has 1 aromatic heterocycles. The second-order valence-corrected chi connectivity index (χ2v) is 3.38. The van der Waals surface area contributed by atoms with Crippen molar-refractivity contribution in [1.82, 2.24) is 9.78 Å². The molecular formula is C11H7F3N2O2. The number of aromatic nitrogens is 2. The lowest BCUT2D eigenvalue weighted by atomic mass is 10.3. The number of alkyl halides is 3. The zero-order valence-corrected chi connectivity index (χ0v) is 8.89. The monoisotopic (exact) mass is 256 g/mol. The molecular weight excluding hydrogens is 249 g/mol. The zero-order chi connectivity index (χ0) is 13.2. The molecule has 0 saturated carbocycles. The van der Waals surface area contributed by atoms with Gasteiger partial charge in [0.25, 0.3) is 0 Å². The topological polar surface area (TPSA) is 44.1 Å². The van der Waals surface area contributed by atoms with Gasteiger partial charge < -0.3 is 4.74 Å². The largest absolute Gasteiger partial charge is 0.573 e. The van der Waals surface area contributed by atoms with E-state index in [0.29, 0.717) is 17.5 Å². The second-order valence-electron chi connectivity index (χ2n) is 3.38. The molecule has 18 heavy (non-hydrogen) atoms. The molecule has 0 aliphatic heterocycles.